The molecule has 8 aliphatic heterocycles. The van der Waals surface area contributed by atoms with Crippen LogP contribution in [0.15, 0.2) is 108 Å². The van der Waals surface area contributed by atoms with Crippen LogP contribution in [0.2, 0.25) is 0 Å². The Morgan fingerprint density at radius 3 is 0.982 bits per heavy atom. The number of nitrogens with zero attached hydrogens (tertiary/aromatic N) is 4. The molecule has 4 fully saturated rings. The molecule has 0 spiro atoms. The molecule has 4 aromatic rings. The number of ether oxygens (including phenoxy) is 4. The molecule has 8 nitrogen and oxygen atoms in total. The van der Waals surface area contributed by atoms with E-state index in [2.05, 4.69) is 146 Å². The van der Waals surface area contributed by atoms with Crippen LogP contribution < -0.4 is 0 Å². The van der Waals surface area contributed by atoms with E-state index in [1.807, 2.05) is 0 Å². The van der Waals surface area contributed by atoms with Crippen LogP contribution >= 0.6 is 0 Å². The molecule has 9 heteroatoms. The van der Waals surface area contributed by atoms with Crippen molar-refractivity contribution >= 4 is 8.29 Å². The van der Waals surface area contributed by atoms with Crippen molar-refractivity contribution in [3.63, 3.8) is 0 Å². The van der Waals surface area contributed by atoms with Crippen molar-refractivity contribution in [3.8, 4) is 22.3 Å². The molecule has 55 heavy (non-hydrogen) atoms. The molecule has 6 bridgehead atoms. The van der Waals surface area contributed by atoms with Crippen LogP contribution in [0.5, 0.6) is 0 Å². The van der Waals surface area contributed by atoms with E-state index in [9.17, 15) is 0 Å². The number of hydrogen-bond acceptors (Lipinski definition) is 8. The monoisotopic (exact) mass is 911 g/mol. The minimum atomic E-state index is -0.784. The summed E-state index contributed by atoms with van der Waals surface area (Å²) in [6.07, 6.45) is 0. The van der Waals surface area contributed by atoms with E-state index in [0.717, 1.165) is 23.5 Å². The average Bonchev–Trinajstić information content (AvgIpc) is 4.01. The second-order valence-corrected chi connectivity index (χ2v) is 20.6. The van der Waals surface area contributed by atoms with Crippen molar-refractivity contribution in [1.29, 1.82) is 0 Å². The normalized spacial score (nSPS) is 25.3. The fraction of sp³-hybridized carbons (Fsp3) is 0.348. The molecule has 4 aromatic carbocycles. The van der Waals surface area contributed by atoms with Gasteiger partial charge < -0.3 is 0 Å². The summed E-state index contributed by atoms with van der Waals surface area (Å²) in [4.78, 5) is 9.97. The van der Waals surface area contributed by atoms with Crippen molar-refractivity contribution in [2.75, 3.05) is 26.4 Å². The Bertz CT molecular complexity index is 2230. The topological polar surface area (TPSA) is 49.9 Å². The first-order valence-electron chi connectivity index (χ1n) is 19.5. The predicted molar refractivity (Wildman–Crippen MR) is 207 cm³/mol. The Kier molecular flexibility index (Phi) is 6.45. The summed E-state index contributed by atoms with van der Waals surface area (Å²) in [6, 6.07) is 32.8. The summed E-state index contributed by atoms with van der Waals surface area (Å²) in [5.41, 5.74) is 12.8. The van der Waals surface area contributed by atoms with Crippen LogP contribution in [0.1, 0.15) is 99.1 Å². The molecule has 4 unspecified atom stereocenters. The molecule has 0 radical (unpaired) electrons. The van der Waals surface area contributed by atoms with Crippen LogP contribution in [-0.4, -0.2) is 54.3 Å². The van der Waals surface area contributed by atoms with Crippen molar-refractivity contribution < 1.29 is 36.6 Å². The Morgan fingerprint density at radius 1 is 0.418 bits per heavy atom. The van der Waals surface area contributed by atoms with Crippen LogP contribution in [0.4, 0.5) is 0 Å². The standard InChI is InChI=1S/C46H44N4O4.Pt/c1-45(2,3)35-11-7-27(8-12-35)29-15-31-19-32(16-29)38-22-52-42-44-50(26-48(38)42)40(24-54-44)34-18-30(28-9-13-36(14-10-28)46(4,5)6)17-33(20-34)39-23-53-43-41-47(25-49(39)43)37(31)21-51-41;/h7-20,37-40H,21-24H2,1-6H3;. The van der Waals surface area contributed by atoms with Gasteiger partial charge in [0.15, 0.2) is 0 Å². The first kappa shape index (κ1) is 32.4. The van der Waals surface area contributed by atoms with Gasteiger partial charge in [0.25, 0.3) is 0 Å². The molecule has 0 aromatic heterocycles. The summed E-state index contributed by atoms with van der Waals surface area (Å²) >= 11 is -0.784. The summed E-state index contributed by atoms with van der Waals surface area (Å²) < 4.78 is 29.5. The van der Waals surface area contributed by atoms with E-state index < -0.39 is 17.6 Å². The third-order valence-electron chi connectivity index (χ3n) is 12.5. The van der Waals surface area contributed by atoms with Crippen LogP contribution in [-0.2, 0) is 47.4 Å². The zero-order chi connectivity index (χ0) is 37.1. The Hall–Kier alpha value is -4.81. The third-order valence-corrected chi connectivity index (χ3v) is 15.7. The van der Waals surface area contributed by atoms with Gasteiger partial charge in [0, 0.05) is 0 Å². The molecular weight excluding hydrogens is 868 g/mol. The fourth-order valence-corrected chi connectivity index (χ4v) is 13.3. The molecular formula is C46H44N4O4Pt. The maximum atomic E-state index is 6.72. The van der Waals surface area contributed by atoms with Crippen molar-refractivity contribution in [1.82, 2.24) is 19.6 Å². The maximum absolute atomic E-state index is 6.72. The van der Waals surface area contributed by atoms with E-state index in [-0.39, 0.29) is 35.0 Å². The summed E-state index contributed by atoms with van der Waals surface area (Å²) in [5, 5.41) is 0. The molecule has 282 valence electrons. The van der Waals surface area contributed by atoms with E-state index in [4.69, 9.17) is 18.9 Å². The van der Waals surface area contributed by atoms with Crippen LogP contribution in [0.3, 0.4) is 0 Å². The number of hydrogen-bond donors (Lipinski definition) is 0. The van der Waals surface area contributed by atoms with Gasteiger partial charge in [-0.3, -0.25) is 0 Å². The molecule has 0 N–H and O–H groups in total. The minimum absolute atomic E-state index is 0.0273. The van der Waals surface area contributed by atoms with Gasteiger partial charge in [-0.2, -0.15) is 0 Å². The van der Waals surface area contributed by atoms with Crippen molar-refractivity contribution in [3.05, 3.63) is 142 Å². The molecule has 0 amide bonds. The molecule has 8 aliphatic rings. The van der Waals surface area contributed by atoms with Crippen molar-refractivity contribution in [2.45, 2.75) is 76.5 Å². The van der Waals surface area contributed by atoms with Gasteiger partial charge in [-0.25, -0.2) is 0 Å². The van der Waals surface area contributed by atoms with E-state index in [1.165, 1.54) is 63.9 Å². The van der Waals surface area contributed by atoms with Gasteiger partial charge in [-0.15, -0.1) is 0 Å². The van der Waals surface area contributed by atoms with Gasteiger partial charge in [-0.05, 0) is 0 Å². The quantitative estimate of drug-likeness (QED) is 0.199. The zero-order valence-corrected chi connectivity index (χ0v) is 34.2. The average molecular weight is 912 g/mol. The SMILES string of the molecule is CC(C)(C)c1ccc(-c2cc3cc(c2)C2COC4=C5OCC6c7cc(-c8ccc(C(C)(C)C)cc8)cc(c7)C7COC8=C9OCC3N9[C](=[Pt]=[C](N42)N56)N87)cc1. The predicted octanol–water partition coefficient (Wildman–Crippen LogP) is 8.37. The second kappa shape index (κ2) is 10.9. The van der Waals surface area contributed by atoms with Crippen molar-refractivity contribution in [2.24, 2.45) is 0 Å². The second-order valence-electron chi connectivity index (χ2n) is 18.0. The Balaban J connectivity index is 1.06. The zero-order valence-electron chi connectivity index (χ0n) is 32.0. The molecule has 0 aliphatic carbocycles. The van der Waals surface area contributed by atoms with E-state index in [0.29, 0.717) is 26.4 Å². The molecule has 12 rings (SSSR count). The first-order chi connectivity index (χ1) is 26.5. The Labute approximate surface area is 330 Å². The summed E-state index contributed by atoms with van der Waals surface area (Å²) in [5.74, 6) is 3.42. The number of fused-ring (bicyclic) bond motifs is 8. The van der Waals surface area contributed by atoms with E-state index in [1.54, 1.807) is 0 Å². The molecule has 4 saturated heterocycles. The summed E-state index contributed by atoms with van der Waals surface area (Å²) in [7, 11) is 0. The third kappa shape index (κ3) is 4.55. The Morgan fingerprint density at radius 2 is 0.709 bits per heavy atom. The van der Waals surface area contributed by atoms with Gasteiger partial charge >= 0.3 is 332 Å². The molecule has 0 saturated carbocycles. The number of benzene rings is 4. The van der Waals surface area contributed by atoms with Gasteiger partial charge in [0.1, 0.15) is 0 Å². The van der Waals surface area contributed by atoms with Gasteiger partial charge in [0.05, 0.1) is 0 Å². The molecule has 4 atom stereocenters. The fourth-order valence-electron chi connectivity index (χ4n) is 9.43. The van der Waals surface area contributed by atoms with Gasteiger partial charge in [0.2, 0.25) is 0 Å². The van der Waals surface area contributed by atoms with E-state index >= 15 is 0 Å². The first-order valence-corrected chi connectivity index (χ1v) is 21.8. The number of rotatable bonds is 2. The van der Waals surface area contributed by atoms with Crippen LogP contribution in [0, 0.1) is 0 Å². The summed E-state index contributed by atoms with van der Waals surface area (Å²) in [6.45, 7) is 15.9. The van der Waals surface area contributed by atoms with Crippen LogP contribution in [0.25, 0.3) is 22.3 Å². The molecule has 8 heterocycles. The van der Waals surface area contributed by atoms with Gasteiger partial charge in [-0.1, -0.05) is 0 Å².